The summed E-state index contributed by atoms with van der Waals surface area (Å²) in [7, 11) is 0. The number of aliphatic hydroxyl groups excluding tert-OH is 1. The van der Waals surface area contributed by atoms with Crippen molar-refractivity contribution in [2.24, 2.45) is 0 Å². The van der Waals surface area contributed by atoms with Crippen molar-refractivity contribution in [2.45, 2.75) is 13.8 Å². The van der Waals surface area contributed by atoms with Crippen LogP contribution in [0.15, 0.2) is 53.4 Å². The summed E-state index contributed by atoms with van der Waals surface area (Å²) in [5.74, 6) is -0.400. The molecule has 1 aliphatic rings. The number of halogens is 1. The molecule has 29 heavy (non-hydrogen) atoms. The number of anilines is 2. The second kappa shape index (κ2) is 9.48. The molecule has 0 radical (unpaired) electrons. The molecule has 152 valence electrons. The molecule has 1 N–H and O–H groups in total. The molecule has 3 rings (SSSR count). The van der Waals surface area contributed by atoms with Crippen molar-refractivity contribution in [2.75, 3.05) is 35.2 Å². The second-order valence-electron chi connectivity index (χ2n) is 6.42. The lowest BCUT2D eigenvalue weighted by Crippen LogP contribution is -2.31. The first kappa shape index (κ1) is 21.4. The number of nitrogens with zero attached hydrogens (tertiary/aromatic N) is 2. The maximum absolute atomic E-state index is 13.2. The van der Waals surface area contributed by atoms with Gasteiger partial charge in [0.2, 0.25) is 0 Å². The van der Waals surface area contributed by atoms with E-state index in [0.717, 1.165) is 18.8 Å². The van der Waals surface area contributed by atoms with Crippen molar-refractivity contribution in [1.82, 2.24) is 0 Å². The number of hydrogen-bond donors (Lipinski definition) is 1. The number of carbonyl (C=O) groups is 2. The highest BCUT2D eigenvalue weighted by molar-refractivity contribution is 8.04. The molecule has 0 aromatic heterocycles. The molecule has 0 saturated heterocycles. The van der Waals surface area contributed by atoms with E-state index in [4.69, 9.17) is 11.6 Å². The first-order chi connectivity index (χ1) is 14.0. The van der Waals surface area contributed by atoms with Crippen molar-refractivity contribution in [3.05, 3.63) is 64.0 Å². The minimum absolute atomic E-state index is 0.0812. The van der Waals surface area contributed by atoms with Gasteiger partial charge in [0, 0.05) is 29.6 Å². The zero-order chi connectivity index (χ0) is 21.0. The standard InChI is InChI=1S/C22H23ClN2O3S/c1-3-24(4-2)17-9-11-18(12-10-17)25-21(27)19(15-5-7-16(23)8-6-15)20(22(25)28)29-14-13-26/h5-12,26H,3-4,13-14H2,1-2H3. The van der Waals surface area contributed by atoms with Crippen molar-refractivity contribution < 1.29 is 14.7 Å². The summed E-state index contributed by atoms with van der Waals surface area (Å²) in [6, 6.07) is 14.3. The van der Waals surface area contributed by atoms with Crippen LogP contribution in [0.25, 0.3) is 5.57 Å². The van der Waals surface area contributed by atoms with Crippen LogP contribution in [0.2, 0.25) is 5.02 Å². The molecular weight excluding hydrogens is 408 g/mol. The number of imide groups is 1. The van der Waals surface area contributed by atoms with Gasteiger partial charge in [0.15, 0.2) is 0 Å². The topological polar surface area (TPSA) is 60.9 Å². The van der Waals surface area contributed by atoms with E-state index >= 15 is 0 Å². The molecule has 5 nitrogen and oxygen atoms in total. The van der Waals surface area contributed by atoms with E-state index in [2.05, 4.69) is 18.7 Å². The number of thioether (sulfide) groups is 1. The van der Waals surface area contributed by atoms with E-state index in [1.54, 1.807) is 36.4 Å². The Morgan fingerprint density at radius 1 is 0.966 bits per heavy atom. The number of rotatable bonds is 8. The molecule has 2 amide bonds. The Hall–Kier alpha value is -2.28. The van der Waals surface area contributed by atoms with Gasteiger partial charge in [-0.3, -0.25) is 9.59 Å². The highest BCUT2D eigenvalue weighted by Gasteiger charge is 2.40. The van der Waals surface area contributed by atoms with Gasteiger partial charge in [0.25, 0.3) is 11.8 Å². The number of carbonyl (C=O) groups excluding carboxylic acids is 2. The van der Waals surface area contributed by atoms with Gasteiger partial charge in [-0.1, -0.05) is 23.7 Å². The summed E-state index contributed by atoms with van der Waals surface area (Å²) in [6.07, 6.45) is 0. The van der Waals surface area contributed by atoms with Crippen LogP contribution in [0.4, 0.5) is 11.4 Å². The molecular formula is C22H23ClN2O3S. The monoisotopic (exact) mass is 430 g/mol. The molecule has 0 unspecified atom stereocenters. The smallest absolute Gasteiger partial charge is 0.272 e. The van der Waals surface area contributed by atoms with E-state index in [1.807, 2.05) is 12.1 Å². The van der Waals surface area contributed by atoms with Gasteiger partial charge in [0.05, 0.1) is 22.8 Å². The Morgan fingerprint density at radius 3 is 2.14 bits per heavy atom. The Morgan fingerprint density at radius 2 is 1.59 bits per heavy atom. The first-order valence-electron chi connectivity index (χ1n) is 9.49. The zero-order valence-corrected chi connectivity index (χ0v) is 18.0. The van der Waals surface area contributed by atoms with E-state index in [1.165, 1.54) is 16.7 Å². The Kier molecular flexibility index (Phi) is 7.00. The summed E-state index contributed by atoms with van der Waals surface area (Å²) in [5.41, 5.74) is 2.55. The molecule has 0 bridgehead atoms. The highest BCUT2D eigenvalue weighted by atomic mass is 35.5. The van der Waals surface area contributed by atoms with Gasteiger partial charge in [0.1, 0.15) is 0 Å². The summed E-state index contributed by atoms with van der Waals surface area (Å²) >= 11 is 7.16. The minimum atomic E-state index is -0.367. The summed E-state index contributed by atoms with van der Waals surface area (Å²) in [5, 5.41) is 9.76. The van der Waals surface area contributed by atoms with Crippen LogP contribution in [0.5, 0.6) is 0 Å². The van der Waals surface area contributed by atoms with Crippen LogP contribution in [0.1, 0.15) is 19.4 Å². The van der Waals surface area contributed by atoms with Gasteiger partial charge < -0.3 is 10.0 Å². The van der Waals surface area contributed by atoms with Crippen LogP contribution in [-0.2, 0) is 9.59 Å². The highest BCUT2D eigenvalue weighted by Crippen LogP contribution is 2.38. The van der Waals surface area contributed by atoms with Crippen LogP contribution in [0.3, 0.4) is 0 Å². The largest absolute Gasteiger partial charge is 0.396 e. The molecule has 0 spiro atoms. The molecule has 0 saturated carbocycles. The fraction of sp³-hybridized carbons (Fsp3) is 0.273. The Bertz CT molecular complexity index is 922. The normalized spacial score (nSPS) is 14.1. The third kappa shape index (κ3) is 4.34. The lowest BCUT2D eigenvalue weighted by molar-refractivity contribution is -0.119. The fourth-order valence-electron chi connectivity index (χ4n) is 3.30. The van der Waals surface area contributed by atoms with Gasteiger partial charge in [-0.2, -0.15) is 0 Å². The number of hydrogen-bond acceptors (Lipinski definition) is 5. The van der Waals surface area contributed by atoms with Gasteiger partial charge in [-0.05, 0) is 55.8 Å². The fourth-order valence-corrected chi connectivity index (χ4v) is 4.28. The molecule has 1 aliphatic heterocycles. The van der Waals surface area contributed by atoms with Gasteiger partial charge in [-0.25, -0.2) is 4.90 Å². The first-order valence-corrected chi connectivity index (χ1v) is 10.9. The summed E-state index contributed by atoms with van der Waals surface area (Å²) < 4.78 is 0. The van der Waals surface area contributed by atoms with E-state index in [9.17, 15) is 14.7 Å². The minimum Gasteiger partial charge on any atom is -0.396 e. The van der Waals surface area contributed by atoms with Crippen LogP contribution in [-0.4, -0.2) is 42.4 Å². The summed E-state index contributed by atoms with van der Waals surface area (Å²) in [6.45, 7) is 5.83. The molecule has 0 aliphatic carbocycles. The Labute approximate surface area is 180 Å². The molecule has 7 heteroatoms. The third-order valence-electron chi connectivity index (χ3n) is 4.75. The van der Waals surface area contributed by atoms with Crippen LogP contribution in [0, 0.1) is 0 Å². The lowest BCUT2D eigenvalue weighted by Gasteiger charge is -2.22. The van der Waals surface area contributed by atoms with E-state index in [-0.39, 0.29) is 18.4 Å². The van der Waals surface area contributed by atoms with Crippen molar-refractivity contribution in [3.8, 4) is 0 Å². The maximum Gasteiger partial charge on any atom is 0.272 e. The Balaban J connectivity index is 1.97. The second-order valence-corrected chi connectivity index (χ2v) is 7.96. The van der Waals surface area contributed by atoms with Crippen LogP contribution >= 0.6 is 23.4 Å². The molecule has 1 heterocycles. The lowest BCUT2D eigenvalue weighted by atomic mass is 10.1. The van der Waals surface area contributed by atoms with E-state index in [0.29, 0.717) is 32.5 Å². The summed E-state index contributed by atoms with van der Waals surface area (Å²) in [4.78, 5) is 30.1. The van der Waals surface area contributed by atoms with Crippen molar-refractivity contribution >= 4 is 52.1 Å². The van der Waals surface area contributed by atoms with Gasteiger partial charge >= 0.3 is 0 Å². The SMILES string of the molecule is CCN(CC)c1ccc(N2C(=O)C(SCCO)=C(c3ccc(Cl)cc3)C2=O)cc1. The number of aliphatic hydroxyl groups is 1. The predicted octanol–water partition coefficient (Wildman–Crippen LogP) is 4.20. The molecule has 0 atom stereocenters. The molecule has 0 fully saturated rings. The average molecular weight is 431 g/mol. The van der Waals surface area contributed by atoms with Crippen LogP contribution < -0.4 is 9.80 Å². The van der Waals surface area contributed by atoms with Crippen molar-refractivity contribution in [3.63, 3.8) is 0 Å². The zero-order valence-electron chi connectivity index (χ0n) is 16.4. The number of benzene rings is 2. The third-order valence-corrected chi connectivity index (χ3v) is 6.05. The van der Waals surface area contributed by atoms with Gasteiger partial charge in [-0.15, -0.1) is 11.8 Å². The number of amides is 2. The molecule has 2 aromatic rings. The van der Waals surface area contributed by atoms with Crippen molar-refractivity contribution in [1.29, 1.82) is 0 Å². The average Bonchev–Trinajstić information content (AvgIpc) is 2.98. The molecule has 2 aromatic carbocycles. The quantitative estimate of drug-likeness (QED) is 0.636. The predicted molar refractivity (Wildman–Crippen MR) is 120 cm³/mol. The van der Waals surface area contributed by atoms with E-state index < -0.39 is 0 Å². The maximum atomic E-state index is 13.2.